The summed E-state index contributed by atoms with van der Waals surface area (Å²) >= 11 is 6.45. The van der Waals surface area contributed by atoms with E-state index in [2.05, 4.69) is 22.5 Å². The average molecular weight is 425 g/mol. The first-order valence-electron chi connectivity index (χ1n) is 10.4. The van der Waals surface area contributed by atoms with Gasteiger partial charge in [-0.2, -0.15) is 0 Å². The third-order valence-corrected chi connectivity index (χ3v) is 5.83. The van der Waals surface area contributed by atoms with Crippen LogP contribution in [0.25, 0.3) is 11.3 Å². The van der Waals surface area contributed by atoms with Crippen LogP contribution in [0.1, 0.15) is 38.2 Å². The molecule has 0 radical (unpaired) electrons. The summed E-state index contributed by atoms with van der Waals surface area (Å²) in [7, 11) is 0. The highest BCUT2D eigenvalue weighted by molar-refractivity contribution is 6.33. The Bertz CT molecular complexity index is 1010. The van der Waals surface area contributed by atoms with E-state index in [1.54, 1.807) is 12.3 Å². The van der Waals surface area contributed by atoms with Crippen molar-refractivity contribution in [1.29, 1.82) is 0 Å². The van der Waals surface area contributed by atoms with Crippen molar-refractivity contribution in [2.75, 3.05) is 10.6 Å². The molecule has 0 spiro atoms. The first-order chi connectivity index (χ1) is 14.6. The molecule has 156 valence electrons. The molecule has 1 aliphatic rings. The Labute approximate surface area is 181 Å². The van der Waals surface area contributed by atoms with Crippen LogP contribution in [0.3, 0.4) is 0 Å². The van der Waals surface area contributed by atoms with E-state index < -0.39 is 0 Å². The fourth-order valence-corrected chi connectivity index (χ4v) is 4.21. The number of anilines is 2. The number of pyridine rings is 2. The Hall–Kier alpha value is -2.66. The molecule has 4 nitrogen and oxygen atoms in total. The number of hydrogen-bond acceptors (Lipinski definition) is 4. The number of aromatic nitrogens is 2. The van der Waals surface area contributed by atoms with Gasteiger partial charge in [-0.15, -0.1) is 0 Å². The molecule has 2 heterocycles. The zero-order valence-electron chi connectivity index (χ0n) is 17.0. The maximum absolute atomic E-state index is 13.4. The van der Waals surface area contributed by atoms with E-state index in [1.807, 2.05) is 30.3 Å². The lowest BCUT2D eigenvalue weighted by Gasteiger charge is -2.28. The summed E-state index contributed by atoms with van der Waals surface area (Å²) in [4.78, 5) is 9.16. The van der Waals surface area contributed by atoms with Crippen LogP contribution in [0.4, 0.5) is 16.0 Å². The number of nitrogens with one attached hydrogen (secondary N) is 2. The van der Waals surface area contributed by atoms with Crippen molar-refractivity contribution in [1.82, 2.24) is 9.97 Å². The number of hydrogen-bond donors (Lipinski definition) is 2. The lowest BCUT2D eigenvalue weighted by Crippen LogP contribution is -2.26. The molecule has 3 aromatic rings. The van der Waals surface area contributed by atoms with Gasteiger partial charge in [0.25, 0.3) is 0 Å². The van der Waals surface area contributed by atoms with Crippen LogP contribution in [-0.4, -0.2) is 16.0 Å². The van der Waals surface area contributed by atoms with Crippen molar-refractivity contribution in [2.24, 2.45) is 5.92 Å². The summed E-state index contributed by atoms with van der Waals surface area (Å²) in [6.45, 7) is 2.80. The molecule has 0 bridgehead atoms. The molecular formula is C24H26ClFN4. The van der Waals surface area contributed by atoms with Crippen LogP contribution in [0.15, 0.2) is 54.7 Å². The molecule has 0 saturated heterocycles. The molecule has 6 heteroatoms. The van der Waals surface area contributed by atoms with Crippen molar-refractivity contribution in [3.05, 3.63) is 71.1 Å². The molecule has 1 aromatic carbocycles. The second-order valence-corrected chi connectivity index (χ2v) is 8.46. The first-order valence-corrected chi connectivity index (χ1v) is 10.8. The molecule has 0 aliphatic heterocycles. The molecule has 1 fully saturated rings. The second-order valence-electron chi connectivity index (χ2n) is 8.05. The predicted octanol–water partition coefficient (Wildman–Crippen LogP) is 6.54. The third kappa shape index (κ3) is 5.28. The van der Waals surface area contributed by atoms with Gasteiger partial charge in [-0.05, 0) is 54.7 Å². The van der Waals surface area contributed by atoms with Gasteiger partial charge in [0.2, 0.25) is 0 Å². The average Bonchev–Trinajstić information content (AvgIpc) is 2.74. The van der Waals surface area contributed by atoms with Gasteiger partial charge in [-0.3, -0.25) is 0 Å². The van der Waals surface area contributed by atoms with Crippen LogP contribution in [-0.2, 0) is 6.54 Å². The Morgan fingerprint density at radius 1 is 1.10 bits per heavy atom. The van der Waals surface area contributed by atoms with Gasteiger partial charge in [0, 0.05) is 24.3 Å². The molecule has 4 rings (SSSR count). The molecule has 0 amide bonds. The van der Waals surface area contributed by atoms with Crippen molar-refractivity contribution >= 4 is 23.2 Å². The molecule has 2 N–H and O–H groups in total. The van der Waals surface area contributed by atoms with E-state index in [-0.39, 0.29) is 5.82 Å². The minimum Gasteiger partial charge on any atom is -0.367 e. The van der Waals surface area contributed by atoms with Crippen LogP contribution in [0.5, 0.6) is 0 Å². The lowest BCUT2D eigenvalue weighted by atomic mass is 9.87. The Balaban J connectivity index is 1.49. The van der Waals surface area contributed by atoms with Crippen LogP contribution in [0.2, 0.25) is 5.02 Å². The van der Waals surface area contributed by atoms with Gasteiger partial charge < -0.3 is 10.6 Å². The van der Waals surface area contributed by atoms with E-state index >= 15 is 0 Å². The Morgan fingerprint density at radius 3 is 2.80 bits per heavy atom. The number of benzene rings is 1. The van der Waals surface area contributed by atoms with Crippen LogP contribution < -0.4 is 10.6 Å². The van der Waals surface area contributed by atoms with Crippen molar-refractivity contribution < 1.29 is 4.39 Å². The fraction of sp³-hybridized carbons (Fsp3) is 0.333. The van der Waals surface area contributed by atoms with Gasteiger partial charge in [-0.25, -0.2) is 14.4 Å². The Morgan fingerprint density at radius 2 is 1.97 bits per heavy atom. The molecule has 1 aliphatic carbocycles. The zero-order chi connectivity index (χ0) is 20.9. The highest BCUT2D eigenvalue weighted by atomic mass is 35.5. The van der Waals surface area contributed by atoms with Gasteiger partial charge in [0.05, 0.1) is 10.7 Å². The molecule has 30 heavy (non-hydrogen) atoms. The van der Waals surface area contributed by atoms with Gasteiger partial charge in [-0.1, -0.05) is 49.6 Å². The van der Waals surface area contributed by atoms with Gasteiger partial charge in [0.15, 0.2) is 0 Å². The van der Waals surface area contributed by atoms with Gasteiger partial charge in [0.1, 0.15) is 17.5 Å². The van der Waals surface area contributed by atoms with Crippen molar-refractivity contribution in [2.45, 2.75) is 45.2 Å². The highest BCUT2D eigenvalue weighted by Gasteiger charge is 2.19. The van der Waals surface area contributed by atoms with Crippen molar-refractivity contribution in [3.63, 3.8) is 0 Å². The maximum atomic E-state index is 13.4. The number of halogens is 2. The van der Waals surface area contributed by atoms with Gasteiger partial charge >= 0.3 is 0 Å². The summed E-state index contributed by atoms with van der Waals surface area (Å²) in [6, 6.07) is 14.7. The normalized spacial score (nSPS) is 18.8. The Kier molecular flexibility index (Phi) is 6.48. The summed E-state index contributed by atoms with van der Waals surface area (Å²) in [5.41, 5.74) is 2.47. The fourth-order valence-electron chi connectivity index (χ4n) is 4.01. The van der Waals surface area contributed by atoms with Crippen molar-refractivity contribution in [3.8, 4) is 11.3 Å². The SMILES string of the molecule is CC1CCC[C@H](Nc2cc(-c3cccc(NCc4cccc(F)c4)n3)c(Cl)cn2)C1. The summed E-state index contributed by atoms with van der Waals surface area (Å²) < 4.78 is 13.4. The van der Waals surface area contributed by atoms with Crippen LogP contribution >= 0.6 is 11.6 Å². The molecule has 2 aromatic heterocycles. The quantitative estimate of drug-likeness (QED) is 0.471. The van der Waals surface area contributed by atoms with Crippen LogP contribution in [0, 0.1) is 11.7 Å². The standard InChI is InChI=1S/C24H26ClFN4/c1-16-5-2-8-19(11-16)29-24-13-20(21(25)15-28-24)22-9-4-10-23(30-22)27-14-17-6-3-7-18(26)12-17/h3-4,6-7,9-10,12-13,15-16,19H,2,5,8,11,14H2,1H3,(H,27,30)(H,28,29)/t16?,19-/m0/s1. The number of nitrogens with zero attached hydrogens (tertiary/aromatic N) is 2. The monoisotopic (exact) mass is 424 g/mol. The summed E-state index contributed by atoms with van der Waals surface area (Å²) in [5.74, 6) is 2.03. The lowest BCUT2D eigenvalue weighted by molar-refractivity contribution is 0.358. The zero-order valence-corrected chi connectivity index (χ0v) is 17.8. The molecule has 2 atom stereocenters. The maximum Gasteiger partial charge on any atom is 0.126 e. The number of rotatable bonds is 6. The van der Waals surface area contributed by atoms with E-state index in [4.69, 9.17) is 16.6 Å². The largest absolute Gasteiger partial charge is 0.367 e. The molecule has 1 unspecified atom stereocenters. The molecular weight excluding hydrogens is 399 g/mol. The molecule has 1 saturated carbocycles. The highest BCUT2D eigenvalue weighted by Crippen LogP contribution is 2.31. The van der Waals surface area contributed by atoms with E-state index in [9.17, 15) is 4.39 Å². The smallest absolute Gasteiger partial charge is 0.126 e. The topological polar surface area (TPSA) is 49.8 Å². The minimum absolute atomic E-state index is 0.244. The van der Waals surface area contributed by atoms with E-state index in [0.717, 1.165) is 35.0 Å². The minimum atomic E-state index is -0.244. The van der Waals surface area contributed by atoms with E-state index in [1.165, 1.54) is 31.4 Å². The second kappa shape index (κ2) is 9.43. The third-order valence-electron chi connectivity index (χ3n) is 5.53. The predicted molar refractivity (Wildman–Crippen MR) is 121 cm³/mol. The van der Waals surface area contributed by atoms with E-state index in [0.29, 0.717) is 23.4 Å². The first kappa shape index (κ1) is 20.6. The summed E-state index contributed by atoms with van der Waals surface area (Å²) in [5, 5.41) is 7.38. The summed E-state index contributed by atoms with van der Waals surface area (Å²) in [6.07, 6.45) is 6.57.